The van der Waals surface area contributed by atoms with Gasteiger partial charge in [0.2, 0.25) is 0 Å². The molecule has 3 aromatic carbocycles. The maximum atomic E-state index is 11.5. The first-order chi connectivity index (χ1) is 20.5. The fourth-order valence-corrected chi connectivity index (χ4v) is 8.57. The minimum absolute atomic E-state index is 0.169. The molecule has 3 aromatic rings. The van der Waals surface area contributed by atoms with Crippen LogP contribution in [0.2, 0.25) is 0 Å². The Morgan fingerprint density at radius 1 is 0.833 bits per heavy atom. The third kappa shape index (κ3) is 5.90. The molecule has 0 saturated heterocycles. The average molecular weight is 571 g/mol. The summed E-state index contributed by atoms with van der Waals surface area (Å²) in [5.74, 6) is 3.49. The second-order valence-corrected chi connectivity index (χ2v) is 13.3. The molecule has 42 heavy (non-hydrogen) atoms. The number of fused-ring (bicyclic) bond motifs is 1. The molecule has 0 spiro atoms. The van der Waals surface area contributed by atoms with E-state index in [0.29, 0.717) is 13.2 Å². The molecule has 0 unspecified atom stereocenters. The molecule has 0 amide bonds. The first-order valence-electron chi connectivity index (χ1n) is 16.3. The normalized spacial score (nSPS) is 24.3. The van der Waals surface area contributed by atoms with Crippen molar-refractivity contribution in [3.8, 4) is 22.6 Å². The lowest BCUT2D eigenvalue weighted by molar-refractivity contribution is -0.00633. The van der Waals surface area contributed by atoms with Gasteiger partial charge in [-0.1, -0.05) is 44.0 Å². The van der Waals surface area contributed by atoms with Crippen molar-refractivity contribution in [2.75, 3.05) is 19.8 Å². The highest BCUT2D eigenvalue weighted by Gasteiger charge is 2.52. The molecular formula is C37H46O5. The number of ether oxygens (including phenoxy) is 2. The zero-order valence-corrected chi connectivity index (χ0v) is 25.1. The van der Waals surface area contributed by atoms with Gasteiger partial charge < -0.3 is 19.7 Å². The van der Waals surface area contributed by atoms with E-state index in [0.717, 1.165) is 89.7 Å². The van der Waals surface area contributed by atoms with Crippen molar-refractivity contribution < 1.29 is 24.5 Å². The van der Waals surface area contributed by atoms with E-state index < -0.39 is 5.97 Å². The van der Waals surface area contributed by atoms with Crippen molar-refractivity contribution in [1.82, 2.24) is 0 Å². The molecule has 0 radical (unpaired) electrons. The molecule has 224 valence electrons. The number of hydrogen-bond acceptors (Lipinski definition) is 4. The van der Waals surface area contributed by atoms with Crippen LogP contribution >= 0.6 is 0 Å². The van der Waals surface area contributed by atoms with Crippen LogP contribution in [0.4, 0.5) is 0 Å². The predicted octanol–water partition coefficient (Wildman–Crippen LogP) is 8.78. The van der Waals surface area contributed by atoms with Crippen LogP contribution in [0, 0.1) is 17.8 Å². The number of aliphatic hydroxyl groups excluding tert-OH is 1. The molecular weight excluding hydrogens is 524 g/mol. The van der Waals surface area contributed by atoms with E-state index in [1.807, 2.05) is 12.1 Å². The molecule has 4 saturated carbocycles. The number of aromatic carboxylic acids is 1. The van der Waals surface area contributed by atoms with Crippen LogP contribution in [-0.4, -0.2) is 36.0 Å². The van der Waals surface area contributed by atoms with E-state index in [1.165, 1.54) is 44.1 Å². The van der Waals surface area contributed by atoms with Gasteiger partial charge in [0.1, 0.15) is 11.5 Å². The maximum absolute atomic E-state index is 11.5. The molecule has 4 aliphatic rings. The standard InChI is InChI=1S/C37H46O5/c1-2-3-6-16-42-35-31(28-8-10-29(11-9-28)36(39)40)13-12-30-20-34(41-15-7-4-5-14-38)33(21-32(30)35)37-22-25-17-26(23-37)19-27(18-25)24-37/h8-13,20-21,25-27,38H,2-7,14-19,22-24H2,1H3,(H,39,40). The topological polar surface area (TPSA) is 76.0 Å². The highest BCUT2D eigenvalue weighted by Crippen LogP contribution is 2.62. The number of carboxylic acid groups (broad SMARTS) is 1. The lowest BCUT2D eigenvalue weighted by atomic mass is 9.48. The lowest BCUT2D eigenvalue weighted by Crippen LogP contribution is -2.48. The monoisotopic (exact) mass is 570 g/mol. The molecule has 0 heterocycles. The zero-order valence-electron chi connectivity index (χ0n) is 25.1. The van der Waals surface area contributed by atoms with Crippen molar-refractivity contribution in [3.05, 3.63) is 59.7 Å². The molecule has 4 aliphatic carbocycles. The van der Waals surface area contributed by atoms with Crippen molar-refractivity contribution >= 4 is 16.7 Å². The highest BCUT2D eigenvalue weighted by molar-refractivity contribution is 5.97. The number of aliphatic hydroxyl groups is 1. The van der Waals surface area contributed by atoms with E-state index in [1.54, 1.807) is 12.1 Å². The molecule has 5 nitrogen and oxygen atoms in total. The average Bonchev–Trinajstić information content (AvgIpc) is 2.98. The fourth-order valence-electron chi connectivity index (χ4n) is 8.57. The Morgan fingerprint density at radius 2 is 1.50 bits per heavy atom. The van der Waals surface area contributed by atoms with Crippen molar-refractivity contribution in [2.45, 2.75) is 89.4 Å². The summed E-state index contributed by atoms with van der Waals surface area (Å²) in [4.78, 5) is 11.5. The van der Waals surface area contributed by atoms with Gasteiger partial charge >= 0.3 is 5.97 Å². The summed E-state index contributed by atoms with van der Waals surface area (Å²) < 4.78 is 13.2. The summed E-state index contributed by atoms with van der Waals surface area (Å²) in [5, 5.41) is 20.9. The van der Waals surface area contributed by atoms with Gasteiger partial charge in [-0.25, -0.2) is 4.79 Å². The molecule has 0 aliphatic heterocycles. The molecule has 7 rings (SSSR count). The largest absolute Gasteiger partial charge is 0.493 e. The molecule has 4 fully saturated rings. The van der Waals surface area contributed by atoms with Crippen molar-refractivity contribution in [2.24, 2.45) is 17.8 Å². The third-order valence-corrected chi connectivity index (χ3v) is 10.2. The number of carbonyl (C=O) groups is 1. The van der Waals surface area contributed by atoms with Gasteiger partial charge in [-0.3, -0.25) is 0 Å². The summed E-state index contributed by atoms with van der Waals surface area (Å²) in [7, 11) is 0. The van der Waals surface area contributed by atoms with Crippen LogP contribution in [0.25, 0.3) is 21.9 Å². The Kier molecular flexibility index (Phi) is 8.76. The SMILES string of the molecule is CCCCCOc1c(-c2ccc(C(=O)O)cc2)ccc2cc(OCCCCCO)c(C34CC5CC(CC(C5)C3)C4)cc12. The molecule has 0 atom stereocenters. The van der Waals surface area contributed by atoms with Crippen LogP contribution in [-0.2, 0) is 5.41 Å². The summed E-state index contributed by atoms with van der Waals surface area (Å²) >= 11 is 0. The Hall–Kier alpha value is -3.05. The molecule has 0 aromatic heterocycles. The number of hydrogen-bond donors (Lipinski definition) is 2. The van der Waals surface area contributed by atoms with Gasteiger partial charge in [0.05, 0.1) is 18.8 Å². The number of benzene rings is 3. The quantitative estimate of drug-likeness (QED) is 0.189. The number of rotatable bonds is 14. The highest BCUT2D eigenvalue weighted by atomic mass is 16.5. The summed E-state index contributed by atoms with van der Waals surface area (Å²) in [6, 6.07) is 16.1. The predicted molar refractivity (Wildman–Crippen MR) is 168 cm³/mol. The lowest BCUT2D eigenvalue weighted by Gasteiger charge is -2.57. The van der Waals surface area contributed by atoms with Crippen LogP contribution < -0.4 is 9.47 Å². The van der Waals surface area contributed by atoms with E-state index in [9.17, 15) is 15.0 Å². The van der Waals surface area contributed by atoms with Crippen LogP contribution in [0.15, 0.2) is 48.5 Å². The van der Waals surface area contributed by atoms with Gasteiger partial charge in [0.25, 0.3) is 0 Å². The fraction of sp³-hybridized carbons (Fsp3) is 0.541. The Bertz CT molecular complexity index is 1360. The van der Waals surface area contributed by atoms with Crippen LogP contribution in [0.5, 0.6) is 11.5 Å². The Morgan fingerprint density at radius 3 is 2.14 bits per heavy atom. The first-order valence-corrected chi connectivity index (χ1v) is 16.3. The first kappa shape index (κ1) is 29.0. The van der Waals surface area contributed by atoms with E-state index in [-0.39, 0.29) is 17.6 Å². The number of unbranched alkanes of at least 4 members (excludes halogenated alkanes) is 4. The number of carboxylic acids is 1. The minimum Gasteiger partial charge on any atom is -0.493 e. The maximum Gasteiger partial charge on any atom is 0.335 e. The summed E-state index contributed by atoms with van der Waals surface area (Å²) in [6.07, 6.45) is 14.0. The van der Waals surface area contributed by atoms with Gasteiger partial charge in [-0.2, -0.15) is 0 Å². The van der Waals surface area contributed by atoms with Crippen molar-refractivity contribution in [1.29, 1.82) is 0 Å². The van der Waals surface area contributed by atoms with Gasteiger partial charge in [0.15, 0.2) is 0 Å². The van der Waals surface area contributed by atoms with E-state index >= 15 is 0 Å². The van der Waals surface area contributed by atoms with E-state index in [4.69, 9.17) is 9.47 Å². The van der Waals surface area contributed by atoms with Gasteiger partial charge in [-0.05, 0) is 123 Å². The summed E-state index contributed by atoms with van der Waals surface area (Å²) in [6.45, 7) is 3.76. The van der Waals surface area contributed by atoms with Gasteiger partial charge in [-0.15, -0.1) is 0 Å². The second kappa shape index (κ2) is 12.7. The van der Waals surface area contributed by atoms with Crippen LogP contribution in [0.3, 0.4) is 0 Å². The second-order valence-electron chi connectivity index (χ2n) is 13.3. The smallest absolute Gasteiger partial charge is 0.335 e. The zero-order chi connectivity index (χ0) is 29.1. The van der Waals surface area contributed by atoms with Gasteiger partial charge in [0, 0.05) is 23.1 Å². The summed E-state index contributed by atoms with van der Waals surface area (Å²) in [5.41, 5.74) is 3.79. The Balaban J connectivity index is 1.45. The Labute approximate surface area is 250 Å². The minimum atomic E-state index is -0.916. The third-order valence-electron chi connectivity index (χ3n) is 10.2. The molecule has 5 heteroatoms. The van der Waals surface area contributed by atoms with Crippen LogP contribution in [0.1, 0.15) is 99.9 Å². The molecule has 4 bridgehead atoms. The van der Waals surface area contributed by atoms with Crippen molar-refractivity contribution in [3.63, 3.8) is 0 Å². The molecule has 2 N–H and O–H groups in total. The van der Waals surface area contributed by atoms with E-state index in [2.05, 4.69) is 31.2 Å².